The van der Waals surface area contributed by atoms with E-state index in [1.807, 2.05) is 0 Å². The first kappa shape index (κ1) is 14.9. The van der Waals surface area contributed by atoms with Gasteiger partial charge in [0.15, 0.2) is 12.2 Å². The van der Waals surface area contributed by atoms with Crippen LogP contribution in [0.1, 0.15) is 19.3 Å². The molecular weight excluding hydrogens is 306 g/mol. The molecule has 7 heteroatoms. The minimum Gasteiger partial charge on any atom is -0.482 e. The summed E-state index contributed by atoms with van der Waals surface area (Å²) in [6, 6.07) is 5.64. The molecule has 2 N–H and O–H groups in total. The van der Waals surface area contributed by atoms with Gasteiger partial charge in [-0.15, -0.1) is 0 Å². The minimum atomic E-state index is -0.589. The number of carbonyl (C=O) groups is 1. The average Bonchev–Trinajstić information content (AvgIpc) is 2.46. The Bertz CT molecular complexity index is 638. The van der Waals surface area contributed by atoms with Gasteiger partial charge in [0.25, 0.3) is 5.91 Å². The van der Waals surface area contributed by atoms with Gasteiger partial charge in [-0.05, 0) is 25.3 Å². The molecule has 1 heterocycles. The van der Waals surface area contributed by atoms with Crippen LogP contribution in [0.2, 0.25) is 5.02 Å². The maximum atomic E-state index is 11.3. The van der Waals surface area contributed by atoms with Gasteiger partial charge in [0, 0.05) is 12.6 Å². The van der Waals surface area contributed by atoms with E-state index in [9.17, 15) is 4.79 Å². The van der Waals surface area contributed by atoms with Crippen molar-refractivity contribution in [2.45, 2.75) is 24.9 Å². The highest BCUT2D eigenvalue weighted by Gasteiger charge is 2.38. The van der Waals surface area contributed by atoms with Crippen molar-refractivity contribution in [2.75, 3.05) is 30.4 Å². The maximum Gasteiger partial charge on any atom is 0.262 e. The lowest BCUT2D eigenvalue weighted by Gasteiger charge is -2.34. The summed E-state index contributed by atoms with van der Waals surface area (Å²) in [7, 11) is 0. The average molecular weight is 322 g/mol. The molecule has 2 aliphatic rings. The van der Waals surface area contributed by atoms with Crippen LogP contribution in [-0.4, -0.2) is 31.3 Å². The Kier molecular flexibility index (Phi) is 4.10. The fourth-order valence-corrected chi connectivity index (χ4v) is 2.68. The Morgan fingerprint density at radius 1 is 1.50 bits per heavy atom. The fourth-order valence-electron chi connectivity index (χ4n) is 2.45. The van der Waals surface area contributed by atoms with E-state index in [2.05, 4.69) is 16.7 Å². The molecule has 0 unspecified atom stereocenters. The van der Waals surface area contributed by atoms with Crippen LogP contribution >= 0.6 is 11.6 Å². The number of amides is 1. The lowest BCUT2D eigenvalue weighted by molar-refractivity contribution is -0.118. The number of anilines is 2. The highest BCUT2D eigenvalue weighted by atomic mass is 35.5. The number of halogens is 1. The van der Waals surface area contributed by atoms with Gasteiger partial charge >= 0.3 is 0 Å². The predicted octanol–water partition coefficient (Wildman–Crippen LogP) is 2.55. The number of fused-ring (bicyclic) bond motifs is 1. The second-order valence-corrected chi connectivity index (χ2v) is 5.81. The lowest BCUT2D eigenvalue weighted by Crippen LogP contribution is -2.39. The molecule has 0 radical (unpaired) electrons. The lowest BCUT2D eigenvalue weighted by atomic mass is 9.81. The standard InChI is InChI=1S/C15H16ClN3O3/c16-10-6-12-13(21-8-14(20)19-12)7-11(10)18-4-5-22-15(9-17)2-1-3-15/h6-7,18H,1-5,8H2,(H,19,20). The molecule has 6 nitrogen and oxygen atoms in total. The molecule has 1 aromatic rings. The van der Waals surface area contributed by atoms with Crippen molar-refractivity contribution in [2.24, 2.45) is 0 Å². The van der Waals surface area contributed by atoms with E-state index in [1.54, 1.807) is 12.1 Å². The number of hydrogen-bond acceptors (Lipinski definition) is 5. The van der Waals surface area contributed by atoms with Crippen LogP contribution in [0.4, 0.5) is 11.4 Å². The van der Waals surface area contributed by atoms with Crippen molar-refractivity contribution in [3.8, 4) is 11.8 Å². The van der Waals surface area contributed by atoms with Gasteiger partial charge in [0.05, 0.1) is 29.1 Å². The minimum absolute atomic E-state index is 0.00186. The van der Waals surface area contributed by atoms with Crippen molar-refractivity contribution in [1.29, 1.82) is 5.26 Å². The van der Waals surface area contributed by atoms with E-state index >= 15 is 0 Å². The third-order valence-corrected chi connectivity index (χ3v) is 4.18. The Labute approximate surface area is 133 Å². The number of nitrogens with one attached hydrogen (secondary N) is 2. The summed E-state index contributed by atoms with van der Waals surface area (Å²) in [5.41, 5.74) is 0.690. The molecule has 3 rings (SSSR count). The smallest absolute Gasteiger partial charge is 0.262 e. The van der Waals surface area contributed by atoms with Crippen molar-refractivity contribution in [1.82, 2.24) is 0 Å². The quantitative estimate of drug-likeness (QED) is 0.814. The highest BCUT2D eigenvalue weighted by molar-refractivity contribution is 6.33. The zero-order valence-electron chi connectivity index (χ0n) is 11.9. The molecule has 0 spiro atoms. The molecule has 1 fully saturated rings. The number of benzene rings is 1. The van der Waals surface area contributed by atoms with Crippen molar-refractivity contribution >= 4 is 28.9 Å². The van der Waals surface area contributed by atoms with Gasteiger partial charge < -0.3 is 20.1 Å². The third-order valence-electron chi connectivity index (χ3n) is 3.86. The first-order valence-corrected chi connectivity index (χ1v) is 7.55. The van der Waals surface area contributed by atoms with Crippen LogP contribution in [0.15, 0.2) is 12.1 Å². The van der Waals surface area contributed by atoms with Crippen LogP contribution in [-0.2, 0) is 9.53 Å². The summed E-state index contributed by atoms with van der Waals surface area (Å²) in [6.07, 6.45) is 2.65. The SMILES string of the molecule is N#CC1(OCCNc2cc3c(cc2Cl)NC(=O)CO3)CCC1. The molecule has 1 amide bonds. The van der Waals surface area contributed by atoms with Crippen LogP contribution < -0.4 is 15.4 Å². The molecule has 1 aromatic carbocycles. The second-order valence-electron chi connectivity index (χ2n) is 5.40. The van der Waals surface area contributed by atoms with Gasteiger partial charge in [0.2, 0.25) is 0 Å². The fraction of sp³-hybridized carbons (Fsp3) is 0.467. The number of carbonyl (C=O) groups excluding carboxylic acids is 1. The summed E-state index contributed by atoms with van der Waals surface area (Å²) in [4.78, 5) is 11.3. The molecule has 116 valence electrons. The first-order chi connectivity index (χ1) is 10.6. The molecule has 0 aromatic heterocycles. The Hall–Kier alpha value is -1.97. The van der Waals surface area contributed by atoms with E-state index in [0.29, 0.717) is 35.3 Å². The monoisotopic (exact) mass is 321 g/mol. The van der Waals surface area contributed by atoms with Gasteiger partial charge in [-0.2, -0.15) is 5.26 Å². The summed E-state index contributed by atoms with van der Waals surface area (Å²) < 4.78 is 11.0. The molecule has 1 aliphatic heterocycles. The van der Waals surface area contributed by atoms with Crippen LogP contribution in [0.5, 0.6) is 5.75 Å². The number of ether oxygens (including phenoxy) is 2. The van der Waals surface area contributed by atoms with E-state index in [-0.39, 0.29) is 12.5 Å². The molecule has 0 atom stereocenters. The Morgan fingerprint density at radius 3 is 3.00 bits per heavy atom. The largest absolute Gasteiger partial charge is 0.482 e. The summed E-state index contributed by atoms with van der Waals surface area (Å²) in [5, 5.41) is 15.4. The van der Waals surface area contributed by atoms with Crippen molar-refractivity contribution in [3.63, 3.8) is 0 Å². The Balaban J connectivity index is 1.57. The summed E-state index contributed by atoms with van der Waals surface area (Å²) in [5.74, 6) is 0.389. The van der Waals surface area contributed by atoms with Crippen molar-refractivity contribution < 1.29 is 14.3 Å². The van der Waals surface area contributed by atoms with Crippen LogP contribution in [0.3, 0.4) is 0 Å². The molecule has 22 heavy (non-hydrogen) atoms. The maximum absolute atomic E-state index is 11.3. The van der Waals surface area contributed by atoms with E-state index < -0.39 is 5.60 Å². The van der Waals surface area contributed by atoms with Gasteiger partial charge in [-0.1, -0.05) is 11.6 Å². The van der Waals surface area contributed by atoms with Gasteiger partial charge in [-0.25, -0.2) is 0 Å². The topological polar surface area (TPSA) is 83.4 Å². The van der Waals surface area contributed by atoms with E-state index in [4.69, 9.17) is 26.3 Å². The number of hydrogen-bond donors (Lipinski definition) is 2. The predicted molar refractivity (Wildman–Crippen MR) is 82.2 cm³/mol. The molecule has 1 aliphatic carbocycles. The molecular formula is C15H16ClN3O3. The van der Waals surface area contributed by atoms with Gasteiger partial charge in [-0.3, -0.25) is 4.79 Å². The summed E-state index contributed by atoms with van der Waals surface area (Å²) >= 11 is 6.18. The zero-order valence-corrected chi connectivity index (χ0v) is 12.7. The Morgan fingerprint density at radius 2 is 2.32 bits per heavy atom. The van der Waals surface area contributed by atoms with Gasteiger partial charge in [0.1, 0.15) is 5.75 Å². The number of nitriles is 1. The molecule has 0 saturated heterocycles. The number of rotatable bonds is 5. The third kappa shape index (κ3) is 2.96. The zero-order chi connectivity index (χ0) is 15.6. The van der Waals surface area contributed by atoms with E-state index in [0.717, 1.165) is 19.3 Å². The van der Waals surface area contributed by atoms with Crippen LogP contribution in [0, 0.1) is 11.3 Å². The van der Waals surface area contributed by atoms with Crippen LogP contribution in [0.25, 0.3) is 0 Å². The molecule has 1 saturated carbocycles. The normalized spacial score (nSPS) is 18.3. The first-order valence-electron chi connectivity index (χ1n) is 7.17. The second kappa shape index (κ2) is 6.03. The summed E-state index contributed by atoms with van der Waals surface area (Å²) in [6.45, 7) is 0.967. The molecule has 0 bridgehead atoms. The number of nitrogens with zero attached hydrogens (tertiary/aromatic N) is 1. The van der Waals surface area contributed by atoms with Crippen molar-refractivity contribution in [3.05, 3.63) is 17.2 Å². The highest BCUT2D eigenvalue weighted by Crippen LogP contribution is 2.37. The van der Waals surface area contributed by atoms with E-state index in [1.165, 1.54) is 0 Å².